The second kappa shape index (κ2) is 7.75. The number of hydrogen-bond donors (Lipinski definition) is 2. The minimum Gasteiger partial charge on any atom is -0.477 e. The van der Waals surface area contributed by atoms with E-state index in [-0.39, 0.29) is 50.4 Å². The maximum absolute atomic E-state index is 15.8. The number of quaternary nitrogens is 1. The van der Waals surface area contributed by atoms with Crippen molar-refractivity contribution in [3.63, 3.8) is 0 Å². The predicted octanol–water partition coefficient (Wildman–Crippen LogP) is 3.47. The molecule has 9 heteroatoms. The number of rotatable bonds is 4. The summed E-state index contributed by atoms with van der Waals surface area (Å²) in [5.41, 5.74) is -0.797. The van der Waals surface area contributed by atoms with Crippen LogP contribution in [0, 0.1) is 17.7 Å². The lowest BCUT2D eigenvalue weighted by Gasteiger charge is -2.32. The molecule has 4 unspecified atom stereocenters. The number of amides is 1. The molecule has 2 aliphatic carbocycles. The largest absolute Gasteiger partial charge is 0.477 e. The number of nitrogens with zero attached hydrogens (tertiary/aromatic N) is 2. The Morgan fingerprint density at radius 2 is 2.03 bits per heavy atom. The fraction of sp³-hybridized carbons (Fsp3) is 0.458. The highest BCUT2D eigenvalue weighted by molar-refractivity contribution is 6.38. The quantitative estimate of drug-likeness (QED) is 0.523. The number of pyridine rings is 1. The molecule has 2 heterocycles. The highest BCUT2D eigenvalue weighted by atomic mass is 35.5. The van der Waals surface area contributed by atoms with Crippen molar-refractivity contribution < 1.29 is 19.1 Å². The number of allylic oxidation sites excluding steroid dienone is 1. The van der Waals surface area contributed by atoms with Crippen LogP contribution >= 0.6 is 11.6 Å². The Morgan fingerprint density at radius 3 is 2.64 bits per heavy atom. The third kappa shape index (κ3) is 3.26. The Labute approximate surface area is 195 Å². The number of aromatic carboxylic acids is 1. The summed E-state index contributed by atoms with van der Waals surface area (Å²) in [6.07, 6.45) is 7.93. The van der Waals surface area contributed by atoms with E-state index >= 15 is 4.39 Å². The van der Waals surface area contributed by atoms with E-state index in [2.05, 4.69) is 17.5 Å². The van der Waals surface area contributed by atoms with Crippen molar-refractivity contribution >= 4 is 40.1 Å². The minimum absolute atomic E-state index is 0.00757. The zero-order valence-electron chi connectivity index (χ0n) is 18.5. The topological polar surface area (TPSA) is 88.4 Å². The maximum atomic E-state index is 15.8. The van der Waals surface area contributed by atoms with Gasteiger partial charge in [-0.1, -0.05) is 23.8 Å². The Balaban J connectivity index is 1.77. The van der Waals surface area contributed by atoms with Crippen molar-refractivity contribution in [2.45, 2.75) is 38.3 Å². The van der Waals surface area contributed by atoms with E-state index in [4.69, 9.17) is 11.6 Å². The number of likely N-dealkylation sites (tertiary alicyclic amines) is 1. The highest BCUT2D eigenvalue weighted by Gasteiger charge is 2.54. The molecule has 33 heavy (non-hydrogen) atoms. The van der Waals surface area contributed by atoms with Gasteiger partial charge in [0.2, 0.25) is 5.43 Å². The maximum Gasteiger partial charge on any atom is 0.341 e. The van der Waals surface area contributed by atoms with Gasteiger partial charge in [-0.15, -0.1) is 0 Å². The van der Waals surface area contributed by atoms with Crippen LogP contribution < -0.4 is 15.2 Å². The van der Waals surface area contributed by atoms with Crippen LogP contribution in [0.1, 0.15) is 42.6 Å². The van der Waals surface area contributed by atoms with Crippen LogP contribution in [0.4, 0.5) is 10.1 Å². The average Bonchev–Trinajstić information content (AvgIpc) is 3.53. The molecule has 4 atom stereocenters. The van der Waals surface area contributed by atoms with Gasteiger partial charge in [0.25, 0.3) is 0 Å². The fourth-order valence-electron chi connectivity index (χ4n) is 5.84. The molecule has 1 saturated heterocycles. The van der Waals surface area contributed by atoms with E-state index in [1.165, 1.54) is 13.1 Å². The molecule has 0 radical (unpaired) electrons. The van der Waals surface area contributed by atoms with Crippen molar-refractivity contribution in [2.24, 2.45) is 11.8 Å². The molecule has 2 N–H and O–H groups in total. The van der Waals surface area contributed by atoms with Crippen LogP contribution in [0.2, 0.25) is 5.02 Å². The fourth-order valence-corrected chi connectivity index (χ4v) is 6.29. The summed E-state index contributed by atoms with van der Waals surface area (Å²) in [7, 11) is 1.87. The van der Waals surface area contributed by atoms with Crippen molar-refractivity contribution in [3.8, 4) is 0 Å². The highest BCUT2D eigenvalue weighted by Crippen LogP contribution is 2.48. The number of carbonyl (C=O) groups is 2. The van der Waals surface area contributed by atoms with Crippen molar-refractivity contribution in [1.82, 2.24) is 14.4 Å². The number of carbonyl (C=O) groups excluding carboxylic acids is 1. The summed E-state index contributed by atoms with van der Waals surface area (Å²) in [5, 5.41) is 12.7. The van der Waals surface area contributed by atoms with Gasteiger partial charge >= 0.3 is 11.9 Å². The van der Waals surface area contributed by atoms with Crippen molar-refractivity contribution in [2.75, 3.05) is 20.1 Å². The lowest BCUT2D eigenvalue weighted by atomic mass is 9.82. The summed E-state index contributed by atoms with van der Waals surface area (Å²) in [6, 6.07) is 1.14. The monoisotopic (exact) mass is 474 g/mol. The molecule has 0 bridgehead atoms. The molecule has 5 rings (SSSR count). The third-order valence-corrected chi connectivity index (χ3v) is 7.99. The third-order valence-electron chi connectivity index (χ3n) is 7.64. The molecule has 2 aromatic rings. The number of nitrogens with one attached hydrogen (secondary N) is 1. The summed E-state index contributed by atoms with van der Waals surface area (Å²) in [5.74, 6) is -2.00. The number of carboxylic acid groups (broad SMARTS) is 1. The Hall–Kier alpha value is -2.55. The standard InChI is InChI=1S/C24H25ClFN3O4/c1-12(30)29(10-13-4-3-5-19(27-2)17(13)11-29)22-18(26)8-15-21(20(22)25)28(14-6-7-14)9-16(23(15)31)24(32)33/h3,5,8-9,13-14,17,19,27H,4,6-7,10-11H2,1-2H3/p+1. The van der Waals surface area contributed by atoms with E-state index in [0.29, 0.717) is 18.6 Å². The molecule has 7 nitrogen and oxygen atoms in total. The van der Waals surface area contributed by atoms with Gasteiger partial charge in [-0.2, -0.15) is 0 Å². The number of halogens is 2. The van der Waals surface area contributed by atoms with Gasteiger partial charge in [-0.3, -0.25) is 4.79 Å². The first-order chi connectivity index (χ1) is 15.7. The van der Waals surface area contributed by atoms with E-state index in [0.717, 1.165) is 25.3 Å². The molecule has 1 saturated carbocycles. The number of benzene rings is 1. The molecule has 3 aliphatic rings. The number of hydrogen-bond acceptors (Lipinski definition) is 4. The lowest BCUT2D eigenvalue weighted by Crippen LogP contribution is -2.53. The molecule has 174 valence electrons. The number of fused-ring (bicyclic) bond motifs is 2. The number of aromatic nitrogens is 1. The molecule has 1 amide bonds. The van der Waals surface area contributed by atoms with E-state index in [9.17, 15) is 19.5 Å². The van der Waals surface area contributed by atoms with Crippen LogP contribution in [0.3, 0.4) is 0 Å². The first kappa shape index (κ1) is 22.3. The Morgan fingerprint density at radius 1 is 1.30 bits per heavy atom. The van der Waals surface area contributed by atoms with Gasteiger partial charge in [-0.05, 0) is 32.4 Å². The summed E-state index contributed by atoms with van der Waals surface area (Å²) >= 11 is 6.86. The second-order valence-corrected chi connectivity index (χ2v) is 9.86. The van der Waals surface area contributed by atoms with Crippen molar-refractivity contribution in [3.05, 3.63) is 51.0 Å². The van der Waals surface area contributed by atoms with Crippen LogP contribution in [0.15, 0.2) is 29.2 Å². The normalized spacial score (nSPS) is 28.8. The van der Waals surface area contributed by atoms with E-state index < -0.39 is 22.8 Å². The van der Waals surface area contributed by atoms with E-state index in [1.807, 2.05) is 7.05 Å². The molecule has 1 aromatic carbocycles. The average molecular weight is 475 g/mol. The molecule has 1 aromatic heterocycles. The number of likely N-dealkylation sites (N-methyl/N-ethyl adjacent to an activating group) is 1. The SMILES string of the molecule is CNC1C=CCC2C[N+](C(C)=O)(c3c(F)cc4c(=O)c(C(=O)O)cn(C5CC5)c4c3Cl)CC21. The Kier molecular flexibility index (Phi) is 5.23. The Bertz CT molecular complexity index is 1280. The zero-order valence-corrected chi connectivity index (χ0v) is 19.2. The van der Waals surface area contributed by atoms with Crippen molar-refractivity contribution in [1.29, 1.82) is 0 Å². The summed E-state index contributed by atoms with van der Waals surface area (Å²) in [4.78, 5) is 37.7. The van der Waals surface area contributed by atoms with Gasteiger partial charge in [0.15, 0.2) is 11.5 Å². The van der Waals surface area contributed by atoms with Crippen LogP contribution in [-0.4, -0.2) is 47.7 Å². The smallest absolute Gasteiger partial charge is 0.341 e. The van der Waals surface area contributed by atoms with E-state index in [1.54, 1.807) is 4.57 Å². The first-order valence-electron chi connectivity index (χ1n) is 11.2. The van der Waals surface area contributed by atoms with Gasteiger partial charge in [0.05, 0.1) is 30.9 Å². The minimum atomic E-state index is -1.36. The molecule has 1 aliphatic heterocycles. The van der Waals surface area contributed by atoms with Crippen LogP contribution in [0.5, 0.6) is 0 Å². The molecular formula is C24H26ClFN3O4+. The number of carboxylic acids is 1. The van der Waals surface area contributed by atoms with Gasteiger partial charge in [0, 0.05) is 30.1 Å². The van der Waals surface area contributed by atoms with Crippen LogP contribution in [0.25, 0.3) is 10.9 Å². The molecule has 2 fully saturated rings. The van der Waals surface area contributed by atoms with Gasteiger partial charge in [-0.25, -0.2) is 18.5 Å². The molecule has 0 spiro atoms. The second-order valence-electron chi connectivity index (χ2n) is 9.49. The van der Waals surface area contributed by atoms with Crippen LogP contribution in [-0.2, 0) is 4.79 Å². The molecular weight excluding hydrogens is 449 g/mol. The van der Waals surface area contributed by atoms with Gasteiger partial charge in [0.1, 0.15) is 10.6 Å². The summed E-state index contributed by atoms with van der Waals surface area (Å²) < 4.78 is 17.2. The summed E-state index contributed by atoms with van der Waals surface area (Å²) in [6.45, 7) is 2.28. The lowest BCUT2D eigenvalue weighted by molar-refractivity contribution is -0.127. The zero-order chi connectivity index (χ0) is 23.7. The van der Waals surface area contributed by atoms with Gasteiger partial charge < -0.3 is 15.0 Å². The first-order valence-corrected chi connectivity index (χ1v) is 11.6. The predicted molar refractivity (Wildman–Crippen MR) is 124 cm³/mol.